The van der Waals surface area contributed by atoms with Gasteiger partial charge < -0.3 is 5.32 Å². The average Bonchev–Trinajstić information content (AvgIpc) is 3.01. The van der Waals surface area contributed by atoms with Crippen molar-refractivity contribution in [1.82, 2.24) is 15.1 Å². The Morgan fingerprint density at radius 3 is 2.33 bits per heavy atom. The molecule has 1 heterocycles. The molecule has 1 aromatic heterocycles. The number of nitrogens with one attached hydrogen (secondary N) is 1. The zero-order chi connectivity index (χ0) is 19.6. The van der Waals surface area contributed by atoms with Gasteiger partial charge in [0.2, 0.25) is 0 Å². The van der Waals surface area contributed by atoms with Crippen molar-refractivity contribution in [3.05, 3.63) is 83.4 Å². The molecule has 0 aliphatic rings. The van der Waals surface area contributed by atoms with Gasteiger partial charge in [-0.25, -0.2) is 9.07 Å². The molecule has 1 atom stereocenters. The van der Waals surface area contributed by atoms with E-state index in [9.17, 15) is 22.4 Å². The molecule has 4 nitrogen and oxygen atoms in total. The second-order valence-corrected chi connectivity index (χ2v) is 5.87. The van der Waals surface area contributed by atoms with Crippen LogP contribution in [-0.2, 0) is 0 Å². The summed E-state index contributed by atoms with van der Waals surface area (Å²) in [5.74, 6) is -1.51. The molecule has 0 fully saturated rings. The van der Waals surface area contributed by atoms with Crippen molar-refractivity contribution in [2.75, 3.05) is 0 Å². The average molecular weight is 377 g/mol. The van der Waals surface area contributed by atoms with Crippen molar-refractivity contribution in [3.8, 4) is 5.69 Å². The highest BCUT2D eigenvalue weighted by atomic mass is 19.4. The summed E-state index contributed by atoms with van der Waals surface area (Å²) < 4.78 is 55.4. The fourth-order valence-electron chi connectivity index (χ4n) is 2.71. The Labute approximate surface area is 152 Å². The van der Waals surface area contributed by atoms with E-state index in [0.717, 1.165) is 6.20 Å². The lowest BCUT2D eigenvalue weighted by atomic mass is 10.1. The van der Waals surface area contributed by atoms with Crippen LogP contribution in [0.3, 0.4) is 0 Å². The SMILES string of the molecule is Cc1c(C(=O)NC(c2ccccc2)C(F)(F)F)cnn1-c1ccccc1F. The number of rotatable bonds is 4. The zero-order valence-electron chi connectivity index (χ0n) is 14.2. The standard InChI is InChI=1S/C19H15F4N3O/c1-12-14(11-24-26(12)16-10-6-5-9-15(16)20)18(27)25-17(19(21,22)23)13-7-3-2-4-8-13/h2-11,17H,1H3,(H,25,27). The van der Waals surface area contributed by atoms with E-state index in [4.69, 9.17) is 0 Å². The molecule has 0 spiro atoms. The van der Waals surface area contributed by atoms with Crippen molar-refractivity contribution in [2.24, 2.45) is 0 Å². The summed E-state index contributed by atoms with van der Waals surface area (Å²) in [4.78, 5) is 12.5. The monoisotopic (exact) mass is 377 g/mol. The number of para-hydroxylation sites is 1. The van der Waals surface area contributed by atoms with Crippen LogP contribution in [0.25, 0.3) is 5.69 Å². The maximum atomic E-state index is 13.9. The Morgan fingerprint density at radius 2 is 1.70 bits per heavy atom. The van der Waals surface area contributed by atoms with Crippen molar-refractivity contribution < 1.29 is 22.4 Å². The number of benzene rings is 2. The van der Waals surface area contributed by atoms with Gasteiger partial charge in [0.15, 0.2) is 6.04 Å². The quantitative estimate of drug-likeness (QED) is 0.687. The Morgan fingerprint density at radius 1 is 1.07 bits per heavy atom. The largest absolute Gasteiger partial charge is 0.412 e. The molecule has 2 aromatic carbocycles. The summed E-state index contributed by atoms with van der Waals surface area (Å²) in [5, 5.41) is 5.94. The highest BCUT2D eigenvalue weighted by Crippen LogP contribution is 2.33. The van der Waals surface area contributed by atoms with Gasteiger partial charge >= 0.3 is 6.18 Å². The number of hydrogen-bond donors (Lipinski definition) is 1. The molecule has 1 amide bonds. The molecule has 0 aliphatic carbocycles. The lowest BCUT2D eigenvalue weighted by Gasteiger charge is -2.22. The van der Waals surface area contributed by atoms with Crippen LogP contribution in [0, 0.1) is 12.7 Å². The van der Waals surface area contributed by atoms with E-state index >= 15 is 0 Å². The molecule has 3 rings (SSSR count). The summed E-state index contributed by atoms with van der Waals surface area (Å²) in [7, 11) is 0. The molecule has 27 heavy (non-hydrogen) atoms. The third-order valence-corrected chi connectivity index (χ3v) is 4.07. The molecule has 140 valence electrons. The number of hydrogen-bond acceptors (Lipinski definition) is 2. The van der Waals surface area contributed by atoms with E-state index < -0.39 is 23.9 Å². The summed E-state index contributed by atoms with van der Waals surface area (Å²) >= 11 is 0. The first kappa shape index (κ1) is 18.6. The fourth-order valence-corrected chi connectivity index (χ4v) is 2.71. The van der Waals surface area contributed by atoms with Crippen molar-refractivity contribution in [2.45, 2.75) is 19.1 Å². The van der Waals surface area contributed by atoms with Crippen LogP contribution >= 0.6 is 0 Å². The zero-order valence-corrected chi connectivity index (χ0v) is 14.2. The van der Waals surface area contributed by atoms with Crippen LogP contribution in [0.15, 0.2) is 60.8 Å². The highest BCUT2D eigenvalue weighted by molar-refractivity contribution is 5.95. The lowest BCUT2D eigenvalue weighted by molar-refractivity contribution is -0.155. The molecule has 3 aromatic rings. The molecular weight excluding hydrogens is 362 g/mol. The van der Waals surface area contributed by atoms with E-state index in [1.165, 1.54) is 54.1 Å². The summed E-state index contributed by atoms with van der Waals surface area (Å²) in [6.45, 7) is 1.49. The minimum absolute atomic E-state index is 0.0663. The van der Waals surface area contributed by atoms with Crippen LogP contribution in [0.4, 0.5) is 17.6 Å². The van der Waals surface area contributed by atoms with E-state index in [0.29, 0.717) is 0 Å². The maximum absolute atomic E-state index is 13.9. The summed E-state index contributed by atoms with van der Waals surface area (Å²) in [6, 6.07) is 10.7. The number of alkyl halides is 3. The second kappa shape index (κ2) is 7.22. The first-order valence-corrected chi connectivity index (χ1v) is 8.01. The minimum atomic E-state index is -4.67. The normalized spacial score (nSPS) is 12.6. The molecule has 1 N–H and O–H groups in total. The van der Waals surface area contributed by atoms with Crippen molar-refractivity contribution >= 4 is 5.91 Å². The highest BCUT2D eigenvalue weighted by Gasteiger charge is 2.42. The molecule has 1 unspecified atom stereocenters. The molecule has 8 heteroatoms. The van der Waals surface area contributed by atoms with Crippen LogP contribution in [-0.4, -0.2) is 21.9 Å². The molecule has 0 saturated heterocycles. The van der Waals surface area contributed by atoms with E-state index in [-0.39, 0.29) is 22.5 Å². The Bertz CT molecular complexity index is 951. The van der Waals surface area contributed by atoms with Crippen molar-refractivity contribution in [1.29, 1.82) is 0 Å². The molecule has 0 bridgehead atoms. The molecule has 0 aliphatic heterocycles. The fraction of sp³-hybridized carbons (Fsp3) is 0.158. The van der Waals surface area contributed by atoms with E-state index in [1.807, 2.05) is 5.32 Å². The first-order chi connectivity index (χ1) is 12.8. The maximum Gasteiger partial charge on any atom is 0.412 e. The van der Waals surface area contributed by atoms with Gasteiger partial charge in [-0.2, -0.15) is 18.3 Å². The summed E-state index contributed by atoms with van der Waals surface area (Å²) in [6.07, 6.45) is -3.55. The van der Waals surface area contributed by atoms with Gasteiger partial charge in [-0.05, 0) is 24.6 Å². The van der Waals surface area contributed by atoms with Crippen LogP contribution < -0.4 is 5.32 Å². The van der Waals surface area contributed by atoms with Crippen LogP contribution in [0.1, 0.15) is 27.7 Å². The first-order valence-electron chi connectivity index (χ1n) is 8.01. The van der Waals surface area contributed by atoms with Crippen LogP contribution in [0.5, 0.6) is 0 Å². The van der Waals surface area contributed by atoms with E-state index in [1.54, 1.807) is 12.1 Å². The predicted molar refractivity (Wildman–Crippen MR) is 91.0 cm³/mol. The number of halogens is 4. The van der Waals surface area contributed by atoms with Gasteiger partial charge in [0.1, 0.15) is 11.5 Å². The van der Waals surface area contributed by atoms with Gasteiger partial charge in [-0.3, -0.25) is 4.79 Å². The number of aromatic nitrogens is 2. The van der Waals surface area contributed by atoms with E-state index in [2.05, 4.69) is 5.10 Å². The van der Waals surface area contributed by atoms with Gasteiger partial charge in [-0.1, -0.05) is 42.5 Å². The Hall–Kier alpha value is -3.16. The molecule has 0 saturated carbocycles. The van der Waals surface area contributed by atoms with Gasteiger partial charge in [0.25, 0.3) is 5.91 Å². The molecule has 0 radical (unpaired) electrons. The predicted octanol–water partition coefficient (Wildman–Crippen LogP) is 4.35. The second-order valence-electron chi connectivity index (χ2n) is 5.87. The van der Waals surface area contributed by atoms with Gasteiger partial charge in [0, 0.05) is 0 Å². The number of amides is 1. The number of nitrogens with zero attached hydrogens (tertiary/aromatic N) is 2. The van der Waals surface area contributed by atoms with Crippen molar-refractivity contribution in [3.63, 3.8) is 0 Å². The third kappa shape index (κ3) is 3.84. The summed E-state index contributed by atoms with van der Waals surface area (Å²) in [5.41, 5.74) is 0.178. The molecular formula is C19H15F4N3O. The third-order valence-electron chi connectivity index (χ3n) is 4.07. The number of carbonyl (C=O) groups is 1. The topological polar surface area (TPSA) is 46.9 Å². The van der Waals surface area contributed by atoms with Gasteiger partial charge in [0.05, 0.1) is 17.5 Å². The number of carbonyl (C=O) groups excluding carboxylic acids is 1. The Balaban J connectivity index is 1.91. The van der Waals surface area contributed by atoms with Crippen LogP contribution in [0.2, 0.25) is 0 Å². The lowest BCUT2D eigenvalue weighted by Crippen LogP contribution is -2.38. The Kier molecular flexibility index (Phi) is 4.98. The smallest absolute Gasteiger partial charge is 0.337 e. The minimum Gasteiger partial charge on any atom is -0.337 e. The van der Waals surface area contributed by atoms with Gasteiger partial charge in [-0.15, -0.1) is 0 Å².